The molecule has 0 N–H and O–H groups in total. The summed E-state index contributed by atoms with van der Waals surface area (Å²) in [5.74, 6) is 1.94. The van der Waals surface area contributed by atoms with Gasteiger partial charge in [-0.1, -0.05) is 115 Å². The van der Waals surface area contributed by atoms with Gasteiger partial charge in [-0.3, -0.25) is 9.97 Å². The number of hydrogen-bond acceptors (Lipinski definition) is 5. The number of nitrogens with zero attached hydrogens (tertiary/aromatic N) is 5. The van der Waals surface area contributed by atoms with Crippen molar-refractivity contribution in [2.24, 2.45) is 0 Å². The minimum absolute atomic E-state index is 0.641. The van der Waals surface area contributed by atoms with E-state index >= 15 is 0 Å². The van der Waals surface area contributed by atoms with Crippen molar-refractivity contribution in [2.45, 2.75) is 0 Å². The zero-order chi connectivity index (χ0) is 28.1. The van der Waals surface area contributed by atoms with E-state index in [1.165, 1.54) is 0 Å². The highest BCUT2D eigenvalue weighted by atomic mass is 15.0. The zero-order valence-corrected chi connectivity index (χ0v) is 22.7. The van der Waals surface area contributed by atoms with E-state index in [9.17, 15) is 0 Å². The maximum Gasteiger partial charge on any atom is 0.164 e. The average molecular weight is 540 g/mol. The second-order valence-corrected chi connectivity index (χ2v) is 9.84. The highest BCUT2D eigenvalue weighted by Crippen LogP contribution is 2.30. The van der Waals surface area contributed by atoms with Gasteiger partial charge < -0.3 is 0 Å². The summed E-state index contributed by atoms with van der Waals surface area (Å²) in [5, 5.41) is 0. The van der Waals surface area contributed by atoms with Crippen LogP contribution in [0, 0.1) is 0 Å². The highest BCUT2D eigenvalue weighted by Gasteiger charge is 2.12. The lowest BCUT2D eigenvalue weighted by Crippen LogP contribution is -2.00. The fourth-order valence-corrected chi connectivity index (χ4v) is 4.86. The van der Waals surface area contributed by atoms with E-state index in [0.717, 1.165) is 50.3 Å². The molecule has 7 rings (SSSR count). The molecule has 0 fully saturated rings. The van der Waals surface area contributed by atoms with Crippen molar-refractivity contribution >= 4 is 0 Å². The lowest BCUT2D eigenvalue weighted by atomic mass is 9.99. The molecule has 5 nitrogen and oxygen atoms in total. The third kappa shape index (κ3) is 5.31. The topological polar surface area (TPSA) is 64.5 Å². The first-order chi connectivity index (χ1) is 20.8. The van der Waals surface area contributed by atoms with E-state index in [1.807, 2.05) is 91.1 Å². The van der Waals surface area contributed by atoms with E-state index < -0.39 is 0 Å². The Balaban J connectivity index is 1.20. The predicted molar refractivity (Wildman–Crippen MR) is 168 cm³/mol. The summed E-state index contributed by atoms with van der Waals surface area (Å²) in [5.41, 5.74) is 8.95. The zero-order valence-electron chi connectivity index (χ0n) is 22.7. The van der Waals surface area contributed by atoms with Gasteiger partial charge in [0.1, 0.15) is 0 Å². The van der Waals surface area contributed by atoms with Gasteiger partial charge in [-0.25, -0.2) is 15.0 Å². The van der Waals surface area contributed by atoms with E-state index in [4.69, 9.17) is 15.0 Å². The maximum atomic E-state index is 4.85. The molecule has 5 heteroatoms. The molecular formula is C37H25N5. The Hall–Kier alpha value is -5.81. The Bertz CT molecular complexity index is 1880. The third-order valence-corrected chi connectivity index (χ3v) is 7.06. The number of pyridine rings is 2. The molecule has 3 aromatic heterocycles. The van der Waals surface area contributed by atoms with Crippen LogP contribution in [0.2, 0.25) is 0 Å². The predicted octanol–water partition coefficient (Wildman–Crippen LogP) is 8.66. The second kappa shape index (κ2) is 11.4. The number of benzene rings is 4. The van der Waals surface area contributed by atoms with E-state index in [0.29, 0.717) is 17.5 Å². The van der Waals surface area contributed by atoms with Crippen molar-refractivity contribution in [3.05, 3.63) is 152 Å². The van der Waals surface area contributed by atoms with Crippen LogP contribution >= 0.6 is 0 Å². The van der Waals surface area contributed by atoms with Gasteiger partial charge in [0.15, 0.2) is 17.5 Å². The summed E-state index contributed by atoms with van der Waals surface area (Å²) in [6.07, 6.45) is 3.69. The number of rotatable bonds is 6. The van der Waals surface area contributed by atoms with Gasteiger partial charge in [-0.05, 0) is 41.0 Å². The standard InChI is InChI=1S/C37H25N5/c1-3-10-27(11-4-1)35-40-36(28-12-5-2-6-13-28)42-37(41-35)29-19-17-26(18-20-29)30-14-9-15-31(24-30)32-21-22-34(39-25-32)33-16-7-8-23-38-33/h1-25H. The van der Waals surface area contributed by atoms with Crippen LogP contribution in [0.4, 0.5) is 0 Å². The molecule has 0 unspecified atom stereocenters. The molecule has 0 atom stereocenters. The molecule has 198 valence electrons. The van der Waals surface area contributed by atoms with Crippen molar-refractivity contribution < 1.29 is 0 Å². The molecule has 4 aromatic carbocycles. The van der Waals surface area contributed by atoms with Crippen LogP contribution in [0.3, 0.4) is 0 Å². The van der Waals surface area contributed by atoms with Crippen LogP contribution in [0.5, 0.6) is 0 Å². The first-order valence-corrected chi connectivity index (χ1v) is 13.8. The fraction of sp³-hybridized carbons (Fsp3) is 0. The van der Waals surface area contributed by atoms with Crippen LogP contribution in [-0.2, 0) is 0 Å². The molecule has 0 spiro atoms. The van der Waals surface area contributed by atoms with Gasteiger partial charge in [0.05, 0.1) is 11.4 Å². The van der Waals surface area contributed by atoms with Gasteiger partial charge in [0, 0.05) is 34.6 Å². The van der Waals surface area contributed by atoms with E-state index in [-0.39, 0.29) is 0 Å². The fourth-order valence-electron chi connectivity index (χ4n) is 4.86. The lowest BCUT2D eigenvalue weighted by molar-refractivity contribution is 1.07. The van der Waals surface area contributed by atoms with Gasteiger partial charge in [-0.15, -0.1) is 0 Å². The summed E-state index contributed by atoms with van der Waals surface area (Å²) in [6, 6.07) is 46.9. The van der Waals surface area contributed by atoms with Crippen LogP contribution in [0.15, 0.2) is 152 Å². The summed E-state index contributed by atoms with van der Waals surface area (Å²) < 4.78 is 0. The van der Waals surface area contributed by atoms with Gasteiger partial charge in [0.25, 0.3) is 0 Å². The van der Waals surface area contributed by atoms with E-state index in [2.05, 4.69) is 64.6 Å². The molecule has 7 aromatic rings. The average Bonchev–Trinajstić information content (AvgIpc) is 3.09. The van der Waals surface area contributed by atoms with Crippen LogP contribution in [0.25, 0.3) is 67.8 Å². The first-order valence-electron chi connectivity index (χ1n) is 13.8. The number of hydrogen-bond donors (Lipinski definition) is 0. The quantitative estimate of drug-likeness (QED) is 0.212. The Morgan fingerprint density at radius 3 is 1.33 bits per heavy atom. The van der Waals surface area contributed by atoms with E-state index in [1.54, 1.807) is 6.20 Å². The minimum atomic E-state index is 0.641. The Labute approximate surface area is 244 Å². The summed E-state index contributed by atoms with van der Waals surface area (Å²) in [7, 11) is 0. The molecule has 0 amide bonds. The van der Waals surface area contributed by atoms with Crippen molar-refractivity contribution in [2.75, 3.05) is 0 Å². The Morgan fingerprint density at radius 1 is 0.310 bits per heavy atom. The molecule has 0 aliphatic rings. The molecule has 0 aliphatic carbocycles. The van der Waals surface area contributed by atoms with Gasteiger partial charge >= 0.3 is 0 Å². The number of aromatic nitrogens is 5. The summed E-state index contributed by atoms with van der Waals surface area (Å²) >= 11 is 0. The van der Waals surface area contributed by atoms with Gasteiger partial charge in [0.2, 0.25) is 0 Å². The van der Waals surface area contributed by atoms with Crippen molar-refractivity contribution in [3.8, 4) is 67.8 Å². The SMILES string of the molecule is c1ccc(-c2nc(-c3ccccc3)nc(-c3ccc(-c4cccc(-c5ccc(-c6ccccn6)nc5)c4)cc3)n2)cc1. The first kappa shape index (κ1) is 25.2. The maximum absolute atomic E-state index is 4.85. The van der Waals surface area contributed by atoms with Crippen molar-refractivity contribution in [1.82, 2.24) is 24.9 Å². The molecule has 0 saturated carbocycles. The third-order valence-electron chi connectivity index (χ3n) is 7.06. The normalized spacial score (nSPS) is 10.9. The molecule has 0 bridgehead atoms. The molecule has 0 aliphatic heterocycles. The smallest absolute Gasteiger partial charge is 0.164 e. The Morgan fingerprint density at radius 2 is 0.786 bits per heavy atom. The molecule has 3 heterocycles. The monoisotopic (exact) mass is 539 g/mol. The summed E-state index contributed by atoms with van der Waals surface area (Å²) in [6.45, 7) is 0. The molecule has 42 heavy (non-hydrogen) atoms. The molecule has 0 saturated heterocycles. The lowest BCUT2D eigenvalue weighted by Gasteiger charge is -2.10. The van der Waals surface area contributed by atoms with Gasteiger partial charge in [-0.2, -0.15) is 0 Å². The van der Waals surface area contributed by atoms with Crippen LogP contribution in [0.1, 0.15) is 0 Å². The van der Waals surface area contributed by atoms with Crippen molar-refractivity contribution in [1.29, 1.82) is 0 Å². The Kier molecular flexibility index (Phi) is 6.81. The van der Waals surface area contributed by atoms with Crippen LogP contribution < -0.4 is 0 Å². The molecular weight excluding hydrogens is 514 g/mol. The highest BCUT2D eigenvalue weighted by molar-refractivity contribution is 5.75. The minimum Gasteiger partial charge on any atom is -0.255 e. The summed E-state index contributed by atoms with van der Waals surface area (Å²) in [4.78, 5) is 23.5. The van der Waals surface area contributed by atoms with Crippen molar-refractivity contribution in [3.63, 3.8) is 0 Å². The molecule has 0 radical (unpaired) electrons. The largest absolute Gasteiger partial charge is 0.255 e. The second-order valence-electron chi connectivity index (χ2n) is 9.84. The van der Waals surface area contributed by atoms with Crippen LogP contribution in [-0.4, -0.2) is 24.9 Å².